The summed E-state index contributed by atoms with van der Waals surface area (Å²) in [5.41, 5.74) is 0.796. The van der Waals surface area contributed by atoms with Gasteiger partial charge in [0, 0.05) is 44.9 Å². The summed E-state index contributed by atoms with van der Waals surface area (Å²) in [7, 11) is 4.95. The Kier molecular flexibility index (Phi) is 6.11. The number of amides is 2. The van der Waals surface area contributed by atoms with Gasteiger partial charge in [-0.1, -0.05) is 6.07 Å². The van der Waals surface area contributed by atoms with E-state index in [0.717, 1.165) is 5.56 Å². The summed E-state index contributed by atoms with van der Waals surface area (Å²) in [6.07, 6.45) is 0. The zero-order valence-corrected chi connectivity index (χ0v) is 12.4. The largest absolute Gasteiger partial charge is 0.507 e. The predicted octanol–water partition coefficient (Wildman–Crippen LogP) is 1.32. The summed E-state index contributed by atoms with van der Waals surface area (Å²) in [6, 6.07) is 5.08. The van der Waals surface area contributed by atoms with Gasteiger partial charge in [-0.15, -0.1) is 0 Å². The standard InChI is InChI=1S/C14H23N3O3/c1-10(15-7-8-16-14(19)17(2)3)12-6-5-11(20-4)9-13(12)18/h5-6,9-10,15,18H,7-8H2,1-4H3,(H,16,19). The number of hydrogen-bond acceptors (Lipinski definition) is 4. The van der Waals surface area contributed by atoms with Crippen LogP contribution in [-0.4, -0.2) is 50.3 Å². The van der Waals surface area contributed by atoms with Crippen molar-refractivity contribution in [3.63, 3.8) is 0 Å². The van der Waals surface area contributed by atoms with Gasteiger partial charge in [-0.3, -0.25) is 0 Å². The van der Waals surface area contributed by atoms with Crippen molar-refractivity contribution in [3.8, 4) is 11.5 Å². The van der Waals surface area contributed by atoms with Gasteiger partial charge in [0.1, 0.15) is 11.5 Å². The van der Waals surface area contributed by atoms with Crippen LogP contribution in [0.5, 0.6) is 11.5 Å². The van der Waals surface area contributed by atoms with Crippen LogP contribution in [0.15, 0.2) is 18.2 Å². The number of hydrogen-bond donors (Lipinski definition) is 3. The summed E-state index contributed by atoms with van der Waals surface area (Å²) < 4.78 is 5.04. The monoisotopic (exact) mass is 281 g/mol. The van der Waals surface area contributed by atoms with Crippen LogP contribution in [0.1, 0.15) is 18.5 Å². The van der Waals surface area contributed by atoms with Crippen LogP contribution in [0.25, 0.3) is 0 Å². The van der Waals surface area contributed by atoms with Crippen molar-refractivity contribution in [1.82, 2.24) is 15.5 Å². The van der Waals surface area contributed by atoms with Crippen LogP contribution in [0.3, 0.4) is 0 Å². The Morgan fingerprint density at radius 3 is 2.65 bits per heavy atom. The van der Waals surface area contributed by atoms with Crippen molar-refractivity contribution in [3.05, 3.63) is 23.8 Å². The zero-order chi connectivity index (χ0) is 15.1. The molecule has 0 spiro atoms. The number of nitrogens with one attached hydrogen (secondary N) is 2. The maximum atomic E-state index is 11.3. The van der Waals surface area contributed by atoms with Crippen molar-refractivity contribution < 1.29 is 14.6 Å². The number of carbonyl (C=O) groups excluding carboxylic acids is 1. The minimum absolute atomic E-state index is 0.0165. The third kappa shape index (κ3) is 4.62. The molecule has 20 heavy (non-hydrogen) atoms. The van der Waals surface area contributed by atoms with E-state index < -0.39 is 0 Å². The molecule has 0 aliphatic carbocycles. The third-order valence-corrected chi connectivity index (χ3v) is 2.96. The normalized spacial score (nSPS) is 11.8. The van der Waals surface area contributed by atoms with E-state index in [-0.39, 0.29) is 17.8 Å². The second-order valence-electron chi connectivity index (χ2n) is 4.73. The van der Waals surface area contributed by atoms with Crippen LogP contribution < -0.4 is 15.4 Å². The molecule has 1 aromatic carbocycles. The third-order valence-electron chi connectivity index (χ3n) is 2.96. The lowest BCUT2D eigenvalue weighted by molar-refractivity contribution is 0.217. The van der Waals surface area contributed by atoms with E-state index in [2.05, 4.69) is 10.6 Å². The highest BCUT2D eigenvalue weighted by molar-refractivity contribution is 5.73. The minimum Gasteiger partial charge on any atom is -0.507 e. The highest BCUT2D eigenvalue weighted by atomic mass is 16.5. The fraction of sp³-hybridized carbons (Fsp3) is 0.500. The Balaban J connectivity index is 2.43. The smallest absolute Gasteiger partial charge is 0.316 e. The van der Waals surface area contributed by atoms with Crippen LogP contribution in [0.4, 0.5) is 4.79 Å². The topological polar surface area (TPSA) is 73.8 Å². The molecule has 6 heteroatoms. The van der Waals surface area contributed by atoms with Crippen molar-refractivity contribution in [2.45, 2.75) is 13.0 Å². The summed E-state index contributed by atoms with van der Waals surface area (Å²) in [6.45, 7) is 3.10. The number of ether oxygens (including phenoxy) is 1. The Morgan fingerprint density at radius 1 is 1.40 bits per heavy atom. The molecule has 1 atom stereocenters. The first-order valence-corrected chi connectivity index (χ1v) is 6.51. The maximum absolute atomic E-state index is 11.3. The number of rotatable bonds is 6. The summed E-state index contributed by atoms with van der Waals surface area (Å²) in [5, 5.41) is 15.9. The van der Waals surface area contributed by atoms with E-state index in [0.29, 0.717) is 18.8 Å². The van der Waals surface area contributed by atoms with E-state index >= 15 is 0 Å². The molecule has 0 saturated carbocycles. The Labute approximate surface area is 119 Å². The van der Waals surface area contributed by atoms with Crippen molar-refractivity contribution in [2.24, 2.45) is 0 Å². The fourth-order valence-electron chi connectivity index (χ4n) is 1.74. The molecule has 0 aliphatic rings. The predicted molar refractivity (Wildman–Crippen MR) is 78.2 cm³/mol. The van der Waals surface area contributed by atoms with Gasteiger partial charge in [0.05, 0.1) is 7.11 Å². The number of benzene rings is 1. The number of methoxy groups -OCH3 is 1. The molecule has 1 unspecified atom stereocenters. The first-order chi connectivity index (χ1) is 9.45. The van der Waals surface area contributed by atoms with Crippen molar-refractivity contribution >= 4 is 6.03 Å². The quantitative estimate of drug-likeness (QED) is 0.688. The fourth-order valence-corrected chi connectivity index (χ4v) is 1.74. The van der Waals surface area contributed by atoms with Gasteiger partial charge in [-0.2, -0.15) is 0 Å². The summed E-state index contributed by atoms with van der Waals surface area (Å²) >= 11 is 0. The highest BCUT2D eigenvalue weighted by Crippen LogP contribution is 2.27. The Hall–Kier alpha value is -1.95. The Morgan fingerprint density at radius 2 is 2.10 bits per heavy atom. The van der Waals surface area contributed by atoms with Crippen LogP contribution in [0.2, 0.25) is 0 Å². The number of nitrogens with zero attached hydrogens (tertiary/aromatic N) is 1. The second kappa shape index (κ2) is 7.59. The molecule has 1 aromatic rings. The van der Waals surface area contributed by atoms with Crippen LogP contribution in [0, 0.1) is 0 Å². The van der Waals surface area contributed by atoms with Crippen LogP contribution in [-0.2, 0) is 0 Å². The van der Waals surface area contributed by atoms with Crippen molar-refractivity contribution in [1.29, 1.82) is 0 Å². The summed E-state index contributed by atoms with van der Waals surface area (Å²) in [4.78, 5) is 12.8. The van der Waals surface area contributed by atoms with Gasteiger partial charge in [-0.25, -0.2) is 4.79 Å². The lowest BCUT2D eigenvalue weighted by Gasteiger charge is -2.17. The average molecular weight is 281 g/mol. The van der Waals surface area contributed by atoms with Gasteiger partial charge in [-0.05, 0) is 13.0 Å². The average Bonchev–Trinajstić information content (AvgIpc) is 2.42. The van der Waals surface area contributed by atoms with E-state index in [1.807, 2.05) is 13.0 Å². The molecular weight excluding hydrogens is 258 g/mol. The molecule has 112 valence electrons. The van der Waals surface area contributed by atoms with Gasteiger partial charge in [0.2, 0.25) is 0 Å². The molecule has 3 N–H and O–H groups in total. The molecule has 0 aliphatic heterocycles. The summed E-state index contributed by atoms with van der Waals surface area (Å²) in [5.74, 6) is 0.818. The molecule has 0 bridgehead atoms. The molecule has 0 fully saturated rings. The van der Waals surface area contributed by atoms with Gasteiger partial charge >= 0.3 is 6.03 Å². The van der Waals surface area contributed by atoms with E-state index in [1.165, 1.54) is 4.90 Å². The molecule has 0 radical (unpaired) electrons. The molecular formula is C14H23N3O3. The van der Waals surface area contributed by atoms with Gasteiger partial charge in [0.15, 0.2) is 0 Å². The number of phenols is 1. The molecule has 2 amide bonds. The van der Waals surface area contributed by atoms with Gasteiger partial charge in [0.25, 0.3) is 0 Å². The first kappa shape index (κ1) is 16.1. The number of aromatic hydroxyl groups is 1. The Bertz CT molecular complexity index is 449. The lowest BCUT2D eigenvalue weighted by Crippen LogP contribution is -2.38. The number of carbonyl (C=O) groups is 1. The zero-order valence-electron chi connectivity index (χ0n) is 12.4. The van der Waals surface area contributed by atoms with Crippen molar-refractivity contribution in [2.75, 3.05) is 34.3 Å². The highest BCUT2D eigenvalue weighted by Gasteiger charge is 2.10. The molecule has 6 nitrogen and oxygen atoms in total. The van der Waals surface area contributed by atoms with E-state index in [4.69, 9.17) is 4.74 Å². The SMILES string of the molecule is COc1ccc(C(C)NCCNC(=O)N(C)C)c(O)c1. The van der Waals surface area contributed by atoms with Crippen LogP contribution >= 0.6 is 0 Å². The maximum Gasteiger partial charge on any atom is 0.316 e. The first-order valence-electron chi connectivity index (χ1n) is 6.51. The lowest BCUT2D eigenvalue weighted by atomic mass is 10.1. The molecule has 0 saturated heterocycles. The molecule has 0 aromatic heterocycles. The molecule has 1 rings (SSSR count). The van der Waals surface area contributed by atoms with E-state index in [9.17, 15) is 9.90 Å². The van der Waals surface area contributed by atoms with Gasteiger partial charge < -0.3 is 25.4 Å². The number of phenolic OH excluding ortho intramolecular Hbond substituents is 1. The number of urea groups is 1. The second-order valence-corrected chi connectivity index (χ2v) is 4.73. The van der Waals surface area contributed by atoms with E-state index in [1.54, 1.807) is 33.3 Å². The minimum atomic E-state index is -0.119. The molecule has 0 heterocycles.